The number of carbonyl (C=O) groups excluding carboxylic acids is 1. The van der Waals surface area contributed by atoms with E-state index < -0.39 is 5.60 Å². The topological polar surface area (TPSA) is 88.3 Å². The molecule has 2 unspecified atom stereocenters. The van der Waals surface area contributed by atoms with Gasteiger partial charge in [-0.3, -0.25) is 4.99 Å². The molecule has 0 bridgehead atoms. The van der Waals surface area contributed by atoms with Gasteiger partial charge in [0, 0.05) is 45.1 Å². The predicted molar refractivity (Wildman–Crippen MR) is 126 cm³/mol. The second-order valence-electron chi connectivity index (χ2n) is 8.73. The monoisotopic (exact) mass is 534 g/mol. The van der Waals surface area contributed by atoms with Gasteiger partial charge in [-0.1, -0.05) is 0 Å². The Morgan fingerprint density at radius 2 is 2.20 bits per heavy atom. The van der Waals surface area contributed by atoms with E-state index in [0.29, 0.717) is 12.5 Å². The van der Waals surface area contributed by atoms with Gasteiger partial charge in [0.1, 0.15) is 11.4 Å². The van der Waals surface area contributed by atoms with Crippen molar-refractivity contribution in [1.29, 1.82) is 0 Å². The smallest absolute Gasteiger partial charge is 0.407 e. The SMILES string of the molecule is CC(C)(C)OC(=O)NC1CCN(C(=NCC2CCOC2)NCCc2ccco2)C1.I. The molecule has 2 fully saturated rings. The lowest BCUT2D eigenvalue weighted by atomic mass is 10.1. The van der Waals surface area contributed by atoms with Crippen LogP contribution >= 0.6 is 24.0 Å². The van der Waals surface area contributed by atoms with E-state index >= 15 is 0 Å². The molecule has 2 aliphatic rings. The molecule has 1 aromatic rings. The number of likely N-dealkylation sites (tertiary alicyclic amines) is 1. The van der Waals surface area contributed by atoms with Gasteiger partial charge < -0.3 is 29.4 Å². The standard InChI is InChI=1S/C21H34N4O4.HI/c1-21(2,3)29-20(26)24-17-7-10-25(14-17)19(23-13-16-8-12-27-15-16)22-9-6-18-5-4-11-28-18;/h4-5,11,16-17H,6-10,12-15H2,1-3H3,(H,22,23)(H,24,26);1H. The normalized spacial score (nSPS) is 22.0. The van der Waals surface area contributed by atoms with Crippen molar-refractivity contribution >= 4 is 36.0 Å². The fourth-order valence-corrected chi connectivity index (χ4v) is 3.51. The van der Waals surface area contributed by atoms with Crippen LogP contribution in [0.2, 0.25) is 0 Å². The van der Waals surface area contributed by atoms with Crippen LogP contribution in [0.3, 0.4) is 0 Å². The van der Waals surface area contributed by atoms with Crippen LogP contribution in [0.5, 0.6) is 0 Å². The largest absolute Gasteiger partial charge is 0.469 e. The summed E-state index contributed by atoms with van der Waals surface area (Å²) in [5, 5.41) is 6.44. The molecule has 3 rings (SSSR count). The molecule has 2 aliphatic heterocycles. The van der Waals surface area contributed by atoms with Gasteiger partial charge in [-0.25, -0.2) is 4.79 Å². The van der Waals surface area contributed by atoms with Crippen LogP contribution in [-0.4, -0.2) is 68.0 Å². The number of halogens is 1. The highest BCUT2D eigenvalue weighted by Crippen LogP contribution is 2.15. The minimum absolute atomic E-state index is 0. The van der Waals surface area contributed by atoms with Gasteiger partial charge in [0.15, 0.2) is 5.96 Å². The van der Waals surface area contributed by atoms with Crippen molar-refractivity contribution in [1.82, 2.24) is 15.5 Å². The summed E-state index contributed by atoms with van der Waals surface area (Å²) in [7, 11) is 0. The first-order valence-electron chi connectivity index (χ1n) is 10.5. The average molecular weight is 534 g/mol. The number of hydrogen-bond acceptors (Lipinski definition) is 5. The summed E-state index contributed by atoms with van der Waals surface area (Å²) in [6, 6.07) is 3.93. The summed E-state index contributed by atoms with van der Waals surface area (Å²) in [6.45, 7) is 10.3. The third-order valence-electron chi connectivity index (χ3n) is 4.97. The maximum atomic E-state index is 12.1. The molecule has 0 aromatic carbocycles. The number of aliphatic imine (C=N–C) groups is 1. The number of nitrogens with one attached hydrogen (secondary N) is 2. The summed E-state index contributed by atoms with van der Waals surface area (Å²) >= 11 is 0. The molecule has 2 saturated heterocycles. The quantitative estimate of drug-likeness (QED) is 0.332. The number of furan rings is 1. The van der Waals surface area contributed by atoms with E-state index in [0.717, 1.165) is 63.8 Å². The van der Waals surface area contributed by atoms with Gasteiger partial charge >= 0.3 is 6.09 Å². The van der Waals surface area contributed by atoms with Crippen molar-refractivity contribution in [3.05, 3.63) is 24.2 Å². The van der Waals surface area contributed by atoms with Crippen LogP contribution in [0.15, 0.2) is 27.8 Å². The highest BCUT2D eigenvalue weighted by Gasteiger charge is 2.28. The van der Waals surface area contributed by atoms with E-state index in [1.165, 1.54) is 0 Å². The van der Waals surface area contributed by atoms with Crippen molar-refractivity contribution in [3.63, 3.8) is 0 Å². The number of nitrogens with zero attached hydrogens (tertiary/aromatic N) is 2. The molecule has 170 valence electrons. The van der Waals surface area contributed by atoms with E-state index in [-0.39, 0.29) is 36.1 Å². The molecule has 0 saturated carbocycles. The molecule has 3 heterocycles. The Morgan fingerprint density at radius 3 is 2.87 bits per heavy atom. The molecule has 0 spiro atoms. The molecule has 30 heavy (non-hydrogen) atoms. The summed E-state index contributed by atoms with van der Waals surface area (Å²) in [6.07, 6.45) is 4.05. The Hall–Kier alpha value is -1.49. The van der Waals surface area contributed by atoms with Crippen LogP contribution in [0, 0.1) is 5.92 Å². The summed E-state index contributed by atoms with van der Waals surface area (Å²) < 4.78 is 16.3. The lowest BCUT2D eigenvalue weighted by Crippen LogP contribution is -2.44. The van der Waals surface area contributed by atoms with Crippen LogP contribution < -0.4 is 10.6 Å². The van der Waals surface area contributed by atoms with E-state index in [9.17, 15) is 4.79 Å². The summed E-state index contributed by atoms with van der Waals surface area (Å²) in [5.74, 6) is 2.32. The van der Waals surface area contributed by atoms with Crippen LogP contribution in [0.4, 0.5) is 4.79 Å². The van der Waals surface area contributed by atoms with Crippen molar-refractivity contribution in [3.8, 4) is 0 Å². The molecule has 8 nitrogen and oxygen atoms in total. The highest BCUT2D eigenvalue weighted by atomic mass is 127. The van der Waals surface area contributed by atoms with Gasteiger partial charge in [0.05, 0.1) is 18.9 Å². The number of rotatable bonds is 6. The number of amides is 1. The van der Waals surface area contributed by atoms with Crippen LogP contribution in [0.25, 0.3) is 0 Å². The van der Waals surface area contributed by atoms with E-state index in [2.05, 4.69) is 15.5 Å². The zero-order valence-electron chi connectivity index (χ0n) is 18.2. The minimum Gasteiger partial charge on any atom is -0.469 e. The first kappa shape index (κ1) is 24.8. The molecule has 0 radical (unpaired) electrons. The molecule has 9 heteroatoms. The van der Waals surface area contributed by atoms with Crippen LogP contribution in [0.1, 0.15) is 39.4 Å². The minimum atomic E-state index is -0.494. The van der Waals surface area contributed by atoms with Gasteiger partial charge in [-0.15, -0.1) is 24.0 Å². The van der Waals surface area contributed by atoms with E-state index in [4.69, 9.17) is 18.9 Å². The Balaban J connectivity index is 0.00000320. The third kappa shape index (κ3) is 8.33. The fourth-order valence-electron chi connectivity index (χ4n) is 3.51. The Labute approximate surface area is 196 Å². The van der Waals surface area contributed by atoms with Gasteiger partial charge in [0.25, 0.3) is 0 Å². The molecular weight excluding hydrogens is 499 g/mol. The second-order valence-corrected chi connectivity index (χ2v) is 8.73. The van der Waals surface area contributed by atoms with Crippen molar-refractivity contribution in [2.45, 2.75) is 51.7 Å². The molecule has 0 aliphatic carbocycles. The molecule has 2 N–H and O–H groups in total. The van der Waals surface area contributed by atoms with Gasteiger partial charge in [-0.2, -0.15) is 0 Å². The number of ether oxygens (including phenoxy) is 2. The molecule has 2 atom stereocenters. The van der Waals surface area contributed by atoms with Gasteiger partial charge in [-0.05, 0) is 45.7 Å². The number of carbonyl (C=O) groups is 1. The first-order chi connectivity index (χ1) is 13.9. The molecule has 1 amide bonds. The lowest BCUT2D eigenvalue weighted by molar-refractivity contribution is 0.0507. The van der Waals surface area contributed by atoms with Crippen molar-refractivity contribution in [2.24, 2.45) is 10.9 Å². The fraction of sp³-hybridized carbons (Fsp3) is 0.714. The Bertz CT molecular complexity index is 669. The summed E-state index contributed by atoms with van der Waals surface area (Å²) in [5.41, 5.74) is -0.494. The zero-order chi connectivity index (χ0) is 20.7. The molecular formula is C21H35IN4O4. The highest BCUT2D eigenvalue weighted by molar-refractivity contribution is 14.0. The van der Waals surface area contributed by atoms with E-state index in [1.807, 2.05) is 32.9 Å². The Morgan fingerprint density at radius 1 is 1.37 bits per heavy atom. The predicted octanol–water partition coefficient (Wildman–Crippen LogP) is 3.02. The van der Waals surface area contributed by atoms with Gasteiger partial charge in [0.2, 0.25) is 0 Å². The average Bonchev–Trinajstić information content (AvgIpc) is 3.39. The second kappa shape index (κ2) is 11.8. The van der Waals surface area contributed by atoms with Crippen LogP contribution in [-0.2, 0) is 15.9 Å². The number of hydrogen-bond donors (Lipinski definition) is 2. The maximum Gasteiger partial charge on any atom is 0.407 e. The van der Waals surface area contributed by atoms with E-state index in [1.54, 1.807) is 6.26 Å². The summed E-state index contributed by atoms with van der Waals surface area (Å²) in [4.78, 5) is 19.1. The third-order valence-corrected chi connectivity index (χ3v) is 4.97. The molecule has 1 aromatic heterocycles. The lowest BCUT2D eigenvalue weighted by Gasteiger charge is -2.24. The first-order valence-corrected chi connectivity index (χ1v) is 10.5. The zero-order valence-corrected chi connectivity index (χ0v) is 20.5. The number of guanidine groups is 1. The van der Waals surface area contributed by atoms with Crippen molar-refractivity contribution < 1.29 is 18.7 Å². The van der Waals surface area contributed by atoms with Crippen molar-refractivity contribution in [2.75, 3.05) is 39.4 Å². The number of alkyl carbamates (subject to hydrolysis) is 1. The Kier molecular flexibility index (Phi) is 9.73. The maximum absolute atomic E-state index is 12.1.